The fourth-order valence-electron chi connectivity index (χ4n) is 0.444. The maximum Gasteiger partial charge on any atom is 0.466 e. The molecule has 0 aromatic carbocycles. The molecular formula is C6H13O7P. The largest absolute Gasteiger partial charge is 0.478 e. The molecule has 5 N–H and O–H groups in total. The van der Waals surface area contributed by atoms with Gasteiger partial charge in [0.1, 0.15) is 0 Å². The first-order valence-electron chi connectivity index (χ1n) is 3.41. The van der Waals surface area contributed by atoms with E-state index in [4.69, 9.17) is 29.5 Å². The lowest BCUT2D eigenvalue weighted by atomic mass is 10.1. The van der Waals surface area contributed by atoms with E-state index in [2.05, 4.69) is 6.58 Å². The predicted molar refractivity (Wildman–Crippen MR) is 47.3 cm³/mol. The number of carboxylic acids is 1. The number of phosphoric acid groups is 1. The third kappa shape index (κ3) is 22.5. The standard InChI is InChI=1S/C6H10O3.H3O4P/c1-4(6(8)9)3-5(2)7;1-5(2,3)4/h5,7H,1,3H2,2H3,(H,8,9);(H3,1,2,3,4). The molecule has 0 bridgehead atoms. The summed E-state index contributed by atoms with van der Waals surface area (Å²) in [5, 5.41) is 16.9. The Hall–Kier alpha value is -0.720. The van der Waals surface area contributed by atoms with Crippen molar-refractivity contribution in [1.82, 2.24) is 0 Å². The molecule has 0 aliphatic heterocycles. The molecule has 0 radical (unpaired) electrons. The van der Waals surface area contributed by atoms with Crippen molar-refractivity contribution in [3.63, 3.8) is 0 Å². The van der Waals surface area contributed by atoms with Crippen LogP contribution in [0.2, 0.25) is 0 Å². The third-order valence-electron chi connectivity index (χ3n) is 0.844. The Labute approximate surface area is 80.6 Å². The first kappa shape index (κ1) is 15.7. The molecule has 0 heterocycles. The Kier molecular flexibility index (Phi) is 7.52. The molecule has 0 aromatic heterocycles. The molecule has 0 amide bonds. The fraction of sp³-hybridized carbons (Fsp3) is 0.500. The lowest BCUT2D eigenvalue weighted by molar-refractivity contribution is -0.133. The van der Waals surface area contributed by atoms with Gasteiger partial charge in [0.05, 0.1) is 6.10 Å². The van der Waals surface area contributed by atoms with Gasteiger partial charge in [-0.1, -0.05) is 6.58 Å². The van der Waals surface area contributed by atoms with Crippen LogP contribution in [0.25, 0.3) is 0 Å². The average Bonchev–Trinajstić information content (AvgIpc) is 1.80. The summed E-state index contributed by atoms with van der Waals surface area (Å²) in [5.41, 5.74) is 0.0463. The van der Waals surface area contributed by atoms with Crippen LogP contribution < -0.4 is 0 Å². The summed E-state index contributed by atoms with van der Waals surface area (Å²) in [6, 6.07) is 0. The highest BCUT2D eigenvalue weighted by atomic mass is 31.2. The van der Waals surface area contributed by atoms with E-state index in [-0.39, 0.29) is 12.0 Å². The fourth-order valence-corrected chi connectivity index (χ4v) is 0.444. The highest BCUT2D eigenvalue weighted by Gasteiger charge is 2.05. The SMILES string of the molecule is C=C(CC(C)O)C(=O)O.O=P(O)(O)O. The number of aliphatic hydroxyl groups is 1. The monoisotopic (exact) mass is 228 g/mol. The summed E-state index contributed by atoms with van der Waals surface area (Å²) < 4.78 is 8.88. The van der Waals surface area contributed by atoms with Crippen LogP contribution in [0, 0.1) is 0 Å². The summed E-state index contributed by atoms with van der Waals surface area (Å²) in [7, 11) is -4.64. The van der Waals surface area contributed by atoms with Gasteiger partial charge in [-0.05, 0) is 6.92 Å². The summed E-state index contributed by atoms with van der Waals surface area (Å²) in [6.45, 7) is 4.76. The van der Waals surface area contributed by atoms with Gasteiger partial charge in [0.2, 0.25) is 0 Å². The van der Waals surface area contributed by atoms with E-state index in [0.29, 0.717) is 0 Å². The Morgan fingerprint density at radius 3 is 1.79 bits per heavy atom. The summed E-state index contributed by atoms with van der Waals surface area (Å²) >= 11 is 0. The Morgan fingerprint density at radius 2 is 1.71 bits per heavy atom. The minimum atomic E-state index is -4.64. The second-order valence-corrected chi connectivity index (χ2v) is 3.50. The number of hydrogen-bond donors (Lipinski definition) is 5. The highest BCUT2D eigenvalue weighted by Crippen LogP contribution is 2.25. The number of aliphatic carboxylic acids is 1. The van der Waals surface area contributed by atoms with Gasteiger partial charge >= 0.3 is 13.8 Å². The zero-order valence-electron chi connectivity index (χ0n) is 7.49. The number of carbonyl (C=O) groups is 1. The Bertz CT molecular complexity index is 232. The van der Waals surface area contributed by atoms with E-state index in [1.165, 1.54) is 6.92 Å². The predicted octanol–water partition coefficient (Wildman–Crippen LogP) is -0.531. The molecule has 0 saturated carbocycles. The zero-order valence-corrected chi connectivity index (χ0v) is 8.39. The van der Waals surface area contributed by atoms with Gasteiger partial charge in [-0.3, -0.25) is 0 Å². The van der Waals surface area contributed by atoms with Crippen LogP contribution in [0.1, 0.15) is 13.3 Å². The van der Waals surface area contributed by atoms with Crippen molar-refractivity contribution in [3.8, 4) is 0 Å². The first-order chi connectivity index (χ1) is 6.04. The van der Waals surface area contributed by atoms with E-state index in [0.717, 1.165) is 0 Å². The number of rotatable bonds is 3. The van der Waals surface area contributed by atoms with Crippen molar-refractivity contribution in [2.45, 2.75) is 19.4 Å². The van der Waals surface area contributed by atoms with Crippen molar-refractivity contribution in [2.75, 3.05) is 0 Å². The molecule has 0 aliphatic rings. The lowest BCUT2D eigenvalue weighted by Gasteiger charge is -2.01. The Morgan fingerprint density at radius 1 is 1.43 bits per heavy atom. The molecule has 1 unspecified atom stereocenters. The second kappa shape index (κ2) is 6.69. The average molecular weight is 228 g/mol. The van der Waals surface area contributed by atoms with E-state index in [1.54, 1.807) is 0 Å². The van der Waals surface area contributed by atoms with Crippen molar-refractivity contribution in [3.05, 3.63) is 12.2 Å². The molecule has 1 atom stereocenters. The molecule has 0 rings (SSSR count). The Balaban J connectivity index is 0. The first-order valence-corrected chi connectivity index (χ1v) is 4.98. The van der Waals surface area contributed by atoms with E-state index >= 15 is 0 Å². The van der Waals surface area contributed by atoms with Crippen molar-refractivity contribution in [2.24, 2.45) is 0 Å². The molecule has 8 heteroatoms. The lowest BCUT2D eigenvalue weighted by Crippen LogP contribution is -2.07. The van der Waals surface area contributed by atoms with Gasteiger partial charge < -0.3 is 24.9 Å². The van der Waals surface area contributed by atoms with Crippen LogP contribution in [0.5, 0.6) is 0 Å². The van der Waals surface area contributed by atoms with Crippen LogP contribution >= 0.6 is 7.82 Å². The minimum Gasteiger partial charge on any atom is -0.478 e. The maximum atomic E-state index is 10.0. The van der Waals surface area contributed by atoms with Gasteiger partial charge in [-0.15, -0.1) is 0 Å². The van der Waals surface area contributed by atoms with Gasteiger partial charge in [0, 0.05) is 12.0 Å². The van der Waals surface area contributed by atoms with Crippen LogP contribution in [0.4, 0.5) is 0 Å². The molecule has 0 aromatic rings. The second-order valence-electron chi connectivity index (χ2n) is 2.48. The third-order valence-corrected chi connectivity index (χ3v) is 0.844. The number of hydrogen-bond acceptors (Lipinski definition) is 3. The van der Waals surface area contributed by atoms with Crippen LogP contribution in [0.3, 0.4) is 0 Å². The molecule has 84 valence electrons. The maximum absolute atomic E-state index is 10.0. The van der Waals surface area contributed by atoms with Gasteiger partial charge in [0.25, 0.3) is 0 Å². The normalized spacial score (nSPS) is 12.4. The van der Waals surface area contributed by atoms with Crippen molar-refractivity contribution >= 4 is 13.8 Å². The van der Waals surface area contributed by atoms with Crippen molar-refractivity contribution in [1.29, 1.82) is 0 Å². The zero-order chi connectivity index (χ0) is 11.9. The van der Waals surface area contributed by atoms with Crippen LogP contribution in [-0.4, -0.2) is 37.0 Å². The number of carboxylic acid groups (broad SMARTS) is 1. The van der Waals surface area contributed by atoms with Crippen LogP contribution in [0.15, 0.2) is 12.2 Å². The molecule has 0 aliphatic carbocycles. The van der Waals surface area contributed by atoms with Crippen molar-refractivity contribution < 1.29 is 34.3 Å². The quantitative estimate of drug-likeness (QED) is 0.323. The van der Waals surface area contributed by atoms with E-state index < -0.39 is 19.9 Å². The molecule has 0 saturated heterocycles. The topological polar surface area (TPSA) is 135 Å². The summed E-state index contributed by atoms with van der Waals surface area (Å²) in [5.74, 6) is -1.05. The molecule has 0 spiro atoms. The summed E-state index contributed by atoms with van der Waals surface area (Å²) in [6.07, 6.45) is -0.483. The summed E-state index contributed by atoms with van der Waals surface area (Å²) in [4.78, 5) is 31.6. The van der Waals surface area contributed by atoms with E-state index in [1.807, 2.05) is 0 Å². The molecule has 14 heavy (non-hydrogen) atoms. The molecule has 7 nitrogen and oxygen atoms in total. The highest BCUT2D eigenvalue weighted by molar-refractivity contribution is 7.45. The smallest absolute Gasteiger partial charge is 0.466 e. The molecule has 0 fully saturated rings. The van der Waals surface area contributed by atoms with E-state index in [9.17, 15) is 4.79 Å². The van der Waals surface area contributed by atoms with Gasteiger partial charge in [0.15, 0.2) is 0 Å². The minimum absolute atomic E-state index is 0.0463. The number of aliphatic hydroxyl groups excluding tert-OH is 1. The van der Waals surface area contributed by atoms with Gasteiger partial charge in [-0.2, -0.15) is 0 Å². The van der Waals surface area contributed by atoms with Crippen LogP contribution in [-0.2, 0) is 9.36 Å². The van der Waals surface area contributed by atoms with Gasteiger partial charge in [-0.25, -0.2) is 9.36 Å². The molecular weight excluding hydrogens is 215 g/mol.